The number of hydrogen-bond acceptors (Lipinski definition) is 6. The molecule has 0 aromatic carbocycles. The summed E-state index contributed by atoms with van der Waals surface area (Å²) >= 11 is 6.44. The molecule has 0 atom stereocenters. The van der Waals surface area contributed by atoms with Gasteiger partial charge in [-0.15, -0.1) is 0 Å². The quantitative estimate of drug-likeness (QED) is 0.438. The molecule has 5 heterocycles. The molecule has 8 nitrogen and oxygen atoms in total. The van der Waals surface area contributed by atoms with Crippen molar-refractivity contribution in [3.63, 3.8) is 0 Å². The first-order valence-corrected chi connectivity index (χ1v) is 11.9. The van der Waals surface area contributed by atoms with E-state index in [0.717, 1.165) is 59.9 Å². The van der Waals surface area contributed by atoms with Crippen molar-refractivity contribution in [2.75, 3.05) is 24.5 Å². The number of nitrogens with zero attached hydrogens (tertiary/aromatic N) is 5. The van der Waals surface area contributed by atoms with E-state index in [0.29, 0.717) is 23.6 Å². The van der Waals surface area contributed by atoms with Crippen LogP contribution < -0.4 is 10.2 Å². The third kappa shape index (κ3) is 4.72. The predicted octanol–water partition coefficient (Wildman–Crippen LogP) is 3.95. The number of H-pyrrole nitrogens is 1. The molecule has 0 radical (unpaired) electrons. The van der Waals surface area contributed by atoms with Crippen LogP contribution in [0.4, 0.5) is 5.82 Å². The molecule has 0 aliphatic carbocycles. The molecule has 174 valence electrons. The van der Waals surface area contributed by atoms with Crippen LogP contribution in [0.1, 0.15) is 24.2 Å². The minimum absolute atomic E-state index is 0.00149. The summed E-state index contributed by atoms with van der Waals surface area (Å²) in [7, 11) is 0. The third-order valence-electron chi connectivity index (χ3n) is 6.26. The Morgan fingerprint density at radius 2 is 1.97 bits per heavy atom. The summed E-state index contributed by atoms with van der Waals surface area (Å²) in [5.74, 6) is 1.79. The van der Waals surface area contributed by atoms with Crippen LogP contribution in [0.3, 0.4) is 0 Å². The summed E-state index contributed by atoms with van der Waals surface area (Å²) in [6.07, 6.45) is 7.39. The van der Waals surface area contributed by atoms with Gasteiger partial charge in [0.2, 0.25) is 5.91 Å². The molecule has 1 saturated heterocycles. The Balaban J connectivity index is 1.16. The largest absolute Gasteiger partial charge is 0.357 e. The van der Waals surface area contributed by atoms with Gasteiger partial charge in [0.15, 0.2) is 5.65 Å². The summed E-state index contributed by atoms with van der Waals surface area (Å²) < 4.78 is 0. The number of imidazole rings is 1. The number of aromatic nitrogens is 5. The summed E-state index contributed by atoms with van der Waals surface area (Å²) in [5, 5.41) is 3.65. The molecule has 9 heteroatoms. The maximum absolute atomic E-state index is 12.7. The normalized spacial score (nSPS) is 14.5. The topological polar surface area (TPSA) is 99.7 Å². The predicted molar refractivity (Wildman–Crippen MR) is 133 cm³/mol. The standard InChI is InChI=1S/C25H26ClN7O/c1-16-4-2-9-27-23(16)18-14-22(30-15-19(18)26)33-12-7-17(8-13-33)25(34)29-11-6-21-31-20-5-3-10-28-24(20)32-21/h2-5,9-10,14-15,17H,6-8,11-13H2,1H3,(H,29,34)(H,28,31,32). The second-order valence-electron chi connectivity index (χ2n) is 8.55. The van der Waals surface area contributed by atoms with Gasteiger partial charge in [0.1, 0.15) is 11.6 Å². The first kappa shape index (κ1) is 22.3. The van der Waals surface area contributed by atoms with Gasteiger partial charge in [0.05, 0.1) is 16.2 Å². The fourth-order valence-corrected chi connectivity index (χ4v) is 4.58. The van der Waals surface area contributed by atoms with Gasteiger partial charge in [-0.2, -0.15) is 0 Å². The maximum atomic E-state index is 12.7. The van der Waals surface area contributed by atoms with Gasteiger partial charge in [-0.05, 0) is 49.6 Å². The van der Waals surface area contributed by atoms with Crippen molar-refractivity contribution in [2.24, 2.45) is 5.92 Å². The first-order valence-electron chi connectivity index (χ1n) is 11.5. The Kier molecular flexibility index (Phi) is 6.40. The Bertz CT molecular complexity index is 1280. The fraction of sp³-hybridized carbons (Fsp3) is 0.320. The van der Waals surface area contributed by atoms with Crippen LogP contribution >= 0.6 is 11.6 Å². The highest BCUT2D eigenvalue weighted by atomic mass is 35.5. The second kappa shape index (κ2) is 9.77. The molecule has 1 fully saturated rings. The number of carbonyl (C=O) groups excluding carboxylic acids is 1. The van der Waals surface area contributed by atoms with Crippen molar-refractivity contribution < 1.29 is 4.79 Å². The molecule has 1 aliphatic heterocycles. The number of anilines is 1. The first-order chi connectivity index (χ1) is 16.6. The summed E-state index contributed by atoms with van der Waals surface area (Å²) in [4.78, 5) is 35.9. The molecule has 4 aromatic rings. The minimum Gasteiger partial charge on any atom is -0.357 e. The van der Waals surface area contributed by atoms with Gasteiger partial charge in [0.25, 0.3) is 0 Å². The Labute approximate surface area is 202 Å². The molecule has 0 spiro atoms. The lowest BCUT2D eigenvalue weighted by Gasteiger charge is -2.32. The second-order valence-corrected chi connectivity index (χ2v) is 8.96. The Morgan fingerprint density at radius 1 is 1.18 bits per heavy atom. The van der Waals surface area contributed by atoms with Crippen molar-refractivity contribution in [2.45, 2.75) is 26.2 Å². The van der Waals surface area contributed by atoms with Crippen LogP contribution in [0.25, 0.3) is 22.4 Å². The van der Waals surface area contributed by atoms with E-state index < -0.39 is 0 Å². The zero-order chi connectivity index (χ0) is 23.5. The Hall–Kier alpha value is -3.52. The molecule has 5 rings (SSSR count). The maximum Gasteiger partial charge on any atom is 0.223 e. The van der Waals surface area contributed by atoms with Crippen LogP contribution in [0, 0.1) is 12.8 Å². The van der Waals surface area contributed by atoms with Crippen molar-refractivity contribution in [1.82, 2.24) is 30.2 Å². The molecule has 0 bridgehead atoms. The third-order valence-corrected chi connectivity index (χ3v) is 6.56. The van der Waals surface area contributed by atoms with Crippen molar-refractivity contribution in [3.8, 4) is 11.3 Å². The molecule has 4 aromatic heterocycles. The highest BCUT2D eigenvalue weighted by Crippen LogP contribution is 2.32. The molecule has 0 unspecified atom stereocenters. The van der Waals surface area contributed by atoms with E-state index in [1.165, 1.54) is 0 Å². The zero-order valence-corrected chi connectivity index (χ0v) is 19.7. The van der Waals surface area contributed by atoms with E-state index >= 15 is 0 Å². The average Bonchev–Trinajstić information content (AvgIpc) is 3.28. The van der Waals surface area contributed by atoms with E-state index in [9.17, 15) is 4.79 Å². The molecular formula is C25H26ClN7O. The van der Waals surface area contributed by atoms with Crippen molar-refractivity contribution >= 4 is 34.5 Å². The zero-order valence-electron chi connectivity index (χ0n) is 19.0. The van der Waals surface area contributed by atoms with Gasteiger partial charge in [-0.3, -0.25) is 9.78 Å². The lowest BCUT2D eigenvalue weighted by atomic mass is 9.95. The number of carbonyl (C=O) groups is 1. The number of piperidine rings is 1. The van der Waals surface area contributed by atoms with Gasteiger partial charge < -0.3 is 15.2 Å². The van der Waals surface area contributed by atoms with Crippen molar-refractivity contribution in [1.29, 1.82) is 0 Å². The lowest BCUT2D eigenvalue weighted by Crippen LogP contribution is -2.41. The number of nitrogens with one attached hydrogen (secondary N) is 2. The van der Waals surface area contributed by atoms with Crippen LogP contribution in [0.2, 0.25) is 5.02 Å². The van der Waals surface area contributed by atoms with Crippen molar-refractivity contribution in [3.05, 3.63) is 65.3 Å². The minimum atomic E-state index is -0.00149. The number of pyridine rings is 3. The van der Waals surface area contributed by atoms with Gasteiger partial charge >= 0.3 is 0 Å². The Morgan fingerprint density at radius 3 is 2.76 bits per heavy atom. The highest BCUT2D eigenvalue weighted by Gasteiger charge is 2.26. The summed E-state index contributed by atoms with van der Waals surface area (Å²) in [5.41, 5.74) is 4.42. The van der Waals surface area contributed by atoms with Crippen LogP contribution in [-0.4, -0.2) is 50.5 Å². The number of aromatic amines is 1. The van der Waals surface area contributed by atoms with E-state index in [-0.39, 0.29) is 11.8 Å². The van der Waals surface area contributed by atoms with E-state index in [2.05, 4.69) is 35.1 Å². The lowest BCUT2D eigenvalue weighted by molar-refractivity contribution is -0.125. The SMILES string of the molecule is Cc1cccnc1-c1cc(N2CCC(C(=O)NCCc3nc4ncccc4[nH]3)CC2)ncc1Cl. The number of halogens is 1. The smallest absolute Gasteiger partial charge is 0.223 e. The number of hydrogen-bond donors (Lipinski definition) is 2. The molecule has 0 saturated carbocycles. The average molecular weight is 476 g/mol. The van der Waals surface area contributed by atoms with Crippen LogP contribution in [0.5, 0.6) is 0 Å². The molecule has 2 N–H and O–H groups in total. The van der Waals surface area contributed by atoms with Crippen LogP contribution in [0.15, 0.2) is 48.9 Å². The summed E-state index contributed by atoms with van der Waals surface area (Å²) in [6.45, 7) is 4.10. The number of aryl methyl sites for hydroxylation is 1. The van der Waals surface area contributed by atoms with Gasteiger partial charge in [0, 0.05) is 56.1 Å². The van der Waals surface area contributed by atoms with Gasteiger partial charge in [-0.1, -0.05) is 17.7 Å². The number of rotatable bonds is 6. The fourth-order valence-electron chi connectivity index (χ4n) is 4.38. The summed E-state index contributed by atoms with van der Waals surface area (Å²) in [6, 6.07) is 9.76. The molecule has 34 heavy (non-hydrogen) atoms. The van der Waals surface area contributed by atoms with E-state index in [1.807, 2.05) is 37.3 Å². The number of amides is 1. The van der Waals surface area contributed by atoms with Crippen LogP contribution in [-0.2, 0) is 11.2 Å². The molecule has 1 amide bonds. The van der Waals surface area contributed by atoms with E-state index in [4.69, 9.17) is 11.6 Å². The molecular weight excluding hydrogens is 450 g/mol. The van der Waals surface area contributed by atoms with Gasteiger partial charge in [-0.25, -0.2) is 15.0 Å². The monoisotopic (exact) mass is 475 g/mol. The van der Waals surface area contributed by atoms with E-state index in [1.54, 1.807) is 18.6 Å². The molecule has 1 aliphatic rings. The number of fused-ring (bicyclic) bond motifs is 1. The highest BCUT2D eigenvalue weighted by molar-refractivity contribution is 6.33.